The SMILES string of the molecule is O=C(c1ccc2c(c1)OC(F)(F)O2)N1CCN(C/C=C/c2cccnc2)CC1. The van der Waals surface area contributed by atoms with Gasteiger partial charge in [-0.05, 0) is 29.8 Å². The van der Waals surface area contributed by atoms with Crippen LogP contribution in [-0.2, 0) is 0 Å². The first-order valence-electron chi connectivity index (χ1n) is 8.98. The van der Waals surface area contributed by atoms with Gasteiger partial charge in [-0.15, -0.1) is 8.78 Å². The van der Waals surface area contributed by atoms with Crippen LogP contribution in [0.4, 0.5) is 8.78 Å². The van der Waals surface area contributed by atoms with Gasteiger partial charge in [-0.25, -0.2) is 0 Å². The maximum atomic E-state index is 13.1. The number of benzene rings is 1. The summed E-state index contributed by atoms with van der Waals surface area (Å²) >= 11 is 0. The largest absolute Gasteiger partial charge is 0.586 e. The quantitative estimate of drug-likeness (QED) is 0.808. The average Bonchev–Trinajstić information content (AvgIpc) is 3.01. The van der Waals surface area contributed by atoms with Crippen LogP contribution in [0, 0.1) is 0 Å². The minimum Gasteiger partial charge on any atom is -0.395 e. The van der Waals surface area contributed by atoms with Crippen molar-refractivity contribution in [2.75, 3.05) is 32.7 Å². The normalized spacial score (nSPS) is 18.6. The van der Waals surface area contributed by atoms with E-state index in [4.69, 9.17) is 0 Å². The third kappa shape index (κ3) is 4.12. The summed E-state index contributed by atoms with van der Waals surface area (Å²) in [7, 11) is 0. The number of amides is 1. The van der Waals surface area contributed by atoms with Crippen LogP contribution >= 0.6 is 0 Å². The van der Waals surface area contributed by atoms with E-state index in [0.29, 0.717) is 18.7 Å². The van der Waals surface area contributed by atoms with Crippen LogP contribution in [0.3, 0.4) is 0 Å². The minimum absolute atomic E-state index is 0.0632. The van der Waals surface area contributed by atoms with Gasteiger partial charge in [0.2, 0.25) is 0 Å². The summed E-state index contributed by atoms with van der Waals surface area (Å²) in [4.78, 5) is 20.7. The number of halogens is 2. The Morgan fingerprint density at radius 1 is 1.14 bits per heavy atom. The number of alkyl halides is 2. The number of fused-ring (bicyclic) bond motifs is 1. The summed E-state index contributed by atoms with van der Waals surface area (Å²) in [5.41, 5.74) is 1.36. The van der Waals surface area contributed by atoms with Crippen molar-refractivity contribution in [3.05, 3.63) is 59.9 Å². The van der Waals surface area contributed by atoms with Gasteiger partial charge >= 0.3 is 6.29 Å². The first kappa shape index (κ1) is 18.4. The Morgan fingerprint density at radius 3 is 2.68 bits per heavy atom. The summed E-state index contributed by atoms with van der Waals surface area (Å²) < 4.78 is 35.0. The Labute approximate surface area is 161 Å². The molecule has 0 N–H and O–H groups in total. The Balaban J connectivity index is 1.30. The number of hydrogen-bond donors (Lipinski definition) is 0. The van der Waals surface area contributed by atoms with Crippen LogP contribution < -0.4 is 9.47 Å². The summed E-state index contributed by atoms with van der Waals surface area (Å²) in [5.74, 6) is -0.381. The van der Waals surface area contributed by atoms with Crippen LogP contribution in [0.1, 0.15) is 15.9 Å². The molecule has 0 saturated carbocycles. The second-order valence-electron chi connectivity index (χ2n) is 6.61. The van der Waals surface area contributed by atoms with Crippen molar-refractivity contribution in [3.63, 3.8) is 0 Å². The zero-order valence-corrected chi connectivity index (χ0v) is 15.1. The third-order valence-corrected chi connectivity index (χ3v) is 4.67. The lowest BCUT2D eigenvalue weighted by Gasteiger charge is -2.34. The van der Waals surface area contributed by atoms with E-state index >= 15 is 0 Å². The van der Waals surface area contributed by atoms with Crippen molar-refractivity contribution >= 4 is 12.0 Å². The molecule has 1 saturated heterocycles. The van der Waals surface area contributed by atoms with Crippen molar-refractivity contribution in [2.45, 2.75) is 6.29 Å². The van der Waals surface area contributed by atoms with Gasteiger partial charge in [0, 0.05) is 50.7 Å². The molecule has 0 radical (unpaired) electrons. The average molecular weight is 387 g/mol. The summed E-state index contributed by atoms with van der Waals surface area (Å²) in [6.07, 6.45) is 3.95. The van der Waals surface area contributed by atoms with E-state index in [1.165, 1.54) is 18.2 Å². The van der Waals surface area contributed by atoms with Gasteiger partial charge < -0.3 is 14.4 Å². The van der Waals surface area contributed by atoms with Crippen LogP contribution in [-0.4, -0.2) is 59.7 Å². The lowest BCUT2D eigenvalue weighted by Crippen LogP contribution is -2.48. The maximum Gasteiger partial charge on any atom is 0.586 e. The number of piperazine rings is 1. The molecule has 3 heterocycles. The van der Waals surface area contributed by atoms with Gasteiger partial charge in [-0.3, -0.25) is 14.7 Å². The van der Waals surface area contributed by atoms with Gasteiger partial charge in [0.25, 0.3) is 5.91 Å². The Hall–Kier alpha value is -3.00. The Bertz CT molecular complexity index is 882. The molecule has 6 nitrogen and oxygen atoms in total. The molecule has 0 bridgehead atoms. The summed E-state index contributed by atoms with van der Waals surface area (Å²) in [6, 6.07) is 8.00. The third-order valence-electron chi connectivity index (χ3n) is 4.67. The van der Waals surface area contributed by atoms with Gasteiger partial charge in [0.1, 0.15) is 0 Å². The lowest BCUT2D eigenvalue weighted by molar-refractivity contribution is -0.286. The molecule has 1 aromatic heterocycles. The smallest absolute Gasteiger partial charge is 0.395 e. The number of rotatable bonds is 4. The lowest BCUT2D eigenvalue weighted by atomic mass is 10.1. The Kier molecular flexibility index (Phi) is 4.95. The Morgan fingerprint density at radius 2 is 1.93 bits per heavy atom. The molecule has 2 aromatic rings. The zero-order valence-electron chi connectivity index (χ0n) is 15.1. The van der Waals surface area contributed by atoms with Crippen molar-refractivity contribution in [1.82, 2.24) is 14.8 Å². The minimum atomic E-state index is -3.68. The molecule has 2 aliphatic heterocycles. The highest BCUT2D eigenvalue weighted by Gasteiger charge is 2.43. The molecule has 0 unspecified atom stereocenters. The van der Waals surface area contributed by atoms with E-state index in [9.17, 15) is 13.6 Å². The first-order valence-corrected chi connectivity index (χ1v) is 8.98. The predicted molar refractivity (Wildman–Crippen MR) is 98.3 cm³/mol. The molecule has 8 heteroatoms. The molecule has 0 aliphatic carbocycles. The second kappa shape index (κ2) is 7.55. The maximum absolute atomic E-state index is 13.1. The van der Waals surface area contributed by atoms with Crippen molar-refractivity contribution in [2.24, 2.45) is 0 Å². The van der Waals surface area contributed by atoms with Crippen LogP contribution in [0.15, 0.2) is 48.8 Å². The second-order valence-corrected chi connectivity index (χ2v) is 6.61. The van der Waals surface area contributed by atoms with Crippen LogP contribution in [0.25, 0.3) is 6.08 Å². The van der Waals surface area contributed by atoms with E-state index < -0.39 is 6.29 Å². The first-order chi connectivity index (χ1) is 13.5. The fourth-order valence-corrected chi connectivity index (χ4v) is 3.21. The molecule has 1 amide bonds. The topological polar surface area (TPSA) is 54.9 Å². The number of carbonyl (C=O) groups excluding carboxylic acids is 1. The van der Waals surface area contributed by atoms with Crippen molar-refractivity contribution in [3.8, 4) is 11.5 Å². The van der Waals surface area contributed by atoms with E-state index in [2.05, 4.69) is 25.4 Å². The summed E-state index contributed by atoms with van der Waals surface area (Å²) in [5, 5.41) is 0. The van der Waals surface area contributed by atoms with E-state index in [1.54, 1.807) is 17.3 Å². The highest BCUT2D eigenvalue weighted by atomic mass is 19.3. The van der Waals surface area contributed by atoms with Crippen molar-refractivity contribution in [1.29, 1.82) is 0 Å². The van der Waals surface area contributed by atoms with Gasteiger partial charge in [-0.2, -0.15) is 0 Å². The van der Waals surface area contributed by atoms with Gasteiger partial charge in [0.05, 0.1) is 0 Å². The number of nitrogens with zero attached hydrogens (tertiary/aromatic N) is 3. The molecule has 0 spiro atoms. The van der Waals surface area contributed by atoms with Crippen molar-refractivity contribution < 1.29 is 23.0 Å². The molecule has 146 valence electrons. The molecular formula is C20H19F2N3O3. The van der Waals surface area contributed by atoms with Crippen LogP contribution in [0.2, 0.25) is 0 Å². The number of carbonyl (C=O) groups is 1. The molecule has 1 aromatic carbocycles. The molecule has 2 aliphatic rings. The standard InChI is InChI=1S/C20H19F2N3O3/c21-20(22)27-17-6-5-16(13-18(17)28-20)19(26)25-11-9-24(10-12-25)8-2-4-15-3-1-7-23-14-15/h1-7,13-14H,8-12H2/b4-2+. The van der Waals surface area contributed by atoms with Gasteiger partial charge in [-0.1, -0.05) is 18.2 Å². The molecule has 4 rings (SSSR count). The molecule has 0 atom stereocenters. The molecule has 28 heavy (non-hydrogen) atoms. The van der Waals surface area contributed by atoms with Crippen LogP contribution in [0.5, 0.6) is 11.5 Å². The van der Waals surface area contributed by atoms with E-state index in [0.717, 1.165) is 25.2 Å². The number of pyridine rings is 1. The number of hydrogen-bond acceptors (Lipinski definition) is 5. The fourth-order valence-electron chi connectivity index (χ4n) is 3.21. The zero-order chi connectivity index (χ0) is 19.6. The molecule has 1 fully saturated rings. The summed E-state index contributed by atoms with van der Waals surface area (Å²) in [6.45, 7) is 3.42. The van der Waals surface area contributed by atoms with E-state index in [-0.39, 0.29) is 17.4 Å². The highest BCUT2D eigenvalue weighted by Crippen LogP contribution is 2.41. The monoisotopic (exact) mass is 387 g/mol. The highest BCUT2D eigenvalue weighted by molar-refractivity contribution is 5.95. The number of ether oxygens (including phenoxy) is 2. The predicted octanol–water partition coefficient (Wildman–Crippen LogP) is 2.87. The number of aromatic nitrogens is 1. The van der Waals surface area contributed by atoms with Gasteiger partial charge in [0.15, 0.2) is 11.5 Å². The molecular weight excluding hydrogens is 368 g/mol. The van der Waals surface area contributed by atoms with E-state index in [1.807, 2.05) is 18.2 Å². The fraction of sp³-hybridized carbons (Fsp3) is 0.300.